The minimum atomic E-state index is -0.394. The van der Waals surface area contributed by atoms with Gasteiger partial charge in [-0.25, -0.2) is 0 Å². The summed E-state index contributed by atoms with van der Waals surface area (Å²) in [4.78, 5) is 27.3. The van der Waals surface area contributed by atoms with Gasteiger partial charge in [-0.3, -0.25) is 9.59 Å². The molecule has 2 aliphatic rings. The molecule has 2 aliphatic heterocycles. The summed E-state index contributed by atoms with van der Waals surface area (Å²) in [6.45, 7) is 4.88. The third-order valence-electron chi connectivity index (χ3n) is 4.84. The van der Waals surface area contributed by atoms with E-state index in [9.17, 15) is 9.59 Å². The Morgan fingerprint density at radius 1 is 1.14 bits per heavy atom. The molecule has 0 spiro atoms. The molecule has 2 fully saturated rings. The van der Waals surface area contributed by atoms with E-state index in [-0.39, 0.29) is 18.2 Å². The van der Waals surface area contributed by atoms with Crippen molar-refractivity contribution in [1.29, 1.82) is 0 Å². The smallest absolute Gasteiger partial charge is 0.227 e. The zero-order chi connectivity index (χ0) is 15.7. The van der Waals surface area contributed by atoms with Gasteiger partial charge in [-0.2, -0.15) is 0 Å². The van der Waals surface area contributed by atoms with Crippen LogP contribution in [0.4, 0.5) is 11.4 Å². The highest BCUT2D eigenvalue weighted by Gasteiger charge is 2.33. The first-order valence-electron chi connectivity index (χ1n) is 7.99. The first kappa shape index (κ1) is 14.9. The number of hydrogen-bond donors (Lipinski definition) is 1. The summed E-state index contributed by atoms with van der Waals surface area (Å²) in [6.07, 6.45) is 2.68. The normalized spacial score (nSPS) is 23.1. The molecule has 2 saturated heterocycles. The van der Waals surface area contributed by atoms with Crippen molar-refractivity contribution in [2.24, 2.45) is 17.6 Å². The molecule has 118 valence electrons. The van der Waals surface area contributed by atoms with Crippen molar-refractivity contribution in [3.63, 3.8) is 0 Å². The van der Waals surface area contributed by atoms with E-state index < -0.39 is 5.91 Å². The predicted octanol–water partition coefficient (Wildman–Crippen LogP) is 1.76. The van der Waals surface area contributed by atoms with Gasteiger partial charge in [-0.05, 0) is 43.0 Å². The number of carbonyl (C=O) groups is 2. The molecule has 2 heterocycles. The Morgan fingerprint density at radius 3 is 2.27 bits per heavy atom. The average Bonchev–Trinajstić information content (AvgIpc) is 2.91. The van der Waals surface area contributed by atoms with Crippen LogP contribution in [0.1, 0.15) is 26.2 Å². The van der Waals surface area contributed by atoms with Gasteiger partial charge < -0.3 is 15.5 Å². The molecule has 0 bridgehead atoms. The Hall–Kier alpha value is -2.04. The number of benzene rings is 1. The van der Waals surface area contributed by atoms with Gasteiger partial charge in [0.15, 0.2) is 0 Å². The minimum Gasteiger partial charge on any atom is -0.372 e. The molecule has 1 aromatic carbocycles. The summed E-state index contributed by atoms with van der Waals surface area (Å²) in [7, 11) is 0. The van der Waals surface area contributed by atoms with Gasteiger partial charge in [0, 0.05) is 37.4 Å². The van der Waals surface area contributed by atoms with Crippen LogP contribution in [0.5, 0.6) is 0 Å². The zero-order valence-corrected chi connectivity index (χ0v) is 13.0. The van der Waals surface area contributed by atoms with Gasteiger partial charge in [0.2, 0.25) is 11.8 Å². The van der Waals surface area contributed by atoms with Gasteiger partial charge in [0.25, 0.3) is 0 Å². The molecule has 0 radical (unpaired) electrons. The van der Waals surface area contributed by atoms with Gasteiger partial charge in [0.05, 0.1) is 5.92 Å². The lowest BCUT2D eigenvalue weighted by molar-refractivity contribution is -0.123. The second-order valence-electron chi connectivity index (χ2n) is 6.49. The minimum absolute atomic E-state index is 0.0247. The number of amides is 2. The van der Waals surface area contributed by atoms with Gasteiger partial charge in [-0.15, -0.1) is 0 Å². The van der Waals surface area contributed by atoms with Crippen LogP contribution in [-0.2, 0) is 9.59 Å². The molecule has 2 amide bonds. The second-order valence-corrected chi connectivity index (χ2v) is 6.49. The molecule has 0 aliphatic carbocycles. The van der Waals surface area contributed by atoms with Gasteiger partial charge in [0.1, 0.15) is 0 Å². The maximum Gasteiger partial charge on any atom is 0.227 e. The Kier molecular flexibility index (Phi) is 4.05. The van der Waals surface area contributed by atoms with Gasteiger partial charge in [-0.1, -0.05) is 6.92 Å². The van der Waals surface area contributed by atoms with Crippen molar-refractivity contribution in [2.45, 2.75) is 26.2 Å². The summed E-state index contributed by atoms with van der Waals surface area (Å²) in [5, 5.41) is 0. The summed E-state index contributed by atoms with van der Waals surface area (Å²) in [6, 6.07) is 8.07. The molecular formula is C17H23N3O2. The second kappa shape index (κ2) is 5.99. The van der Waals surface area contributed by atoms with Crippen LogP contribution >= 0.6 is 0 Å². The standard InChI is InChI=1S/C17H23N3O2/c1-12-6-8-19(9-7-12)14-2-4-15(5-3-14)20-11-13(17(18)22)10-16(20)21/h2-5,12-13H,6-11H2,1H3,(H2,18,22)/t13-/m0/s1. The summed E-state index contributed by atoms with van der Waals surface area (Å²) < 4.78 is 0. The highest BCUT2D eigenvalue weighted by Crippen LogP contribution is 2.28. The molecular weight excluding hydrogens is 278 g/mol. The van der Waals surface area contributed by atoms with E-state index in [1.807, 2.05) is 12.1 Å². The van der Waals surface area contributed by atoms with E-state index in [1.54, 1.807) is 4.90 Å². The first-order valence-corrected chi connectivity index (χ1v) is 7.99. The zero-order valence-electron chi connectivity index (χ0n) is 13.0. The van der Waals surface area contributed by atoms with Crippen molar-refractivity contribution in [1.82, 2.24) is 0 Å². The monoisotopic (exact) mass is 301 g/mol. The molecule has 5 heteroatoms. The maximum absolute atomic E-state index is 12.0. The Bertz CT molecular complexity index is 562. The highest BCUT2D eigenvalue weighted by atomic mass is 16.2. The molecule has 3 rings (SSSR count). The van der Waals surface area contributed by atoms with Crippen molar-refractivity contribution in [3.05, 3.63) is 24.3 Å². The third-order valence-corrected chi connectivity index (χ3v) is 4.84. The van der Waals surface area contributed by atoms with E-state index in [0.29, 0.717) is 6.54 Å². The number of carbonyl (C=O) groups excluding carboxylic acids is 2. The fourth-order valence-electron chi connectivity index (χ4n) is 3.26. The summed E-state index contributed by atoms with van der Waals surface area (Å²) in [5.41, 5.74) is 7.36. The lowest BCUT2D eigenvalue weighted by atomic mass is 9.99. The van der Waals surface area contributed by atoms with Crippen LogP contribution in [0.15, 0.2) is 24.3 Å². The third kappa shape index (κ3) is 2.93. The topological polar surface area (TPSA) is 66.6 Å². The first-order chi connectivity index (χ1) is 10.5. The number of rotatable bonds is 3. The number of nitrogens with zero attached hydrogens (tertiary/aromatic N) is 2. The highest BCUT2D eigenvalue weighted by molar-refractivity contribution is 6.00. The van der Waals surface area contributed by atoms with Crippen LogP contribution in [0.25, 0.3) is 0 Å². The van der Waals surface area contributed by atoms with Crippen LogP contribution in [-0.4, -0.2) is 31.4 Å². The van der Waals surface area contributed by atoms with E-state index in [4.69, 9.17) is 5.73 Å². The largest absolute Gasteiger partial charge is 0.372 e. The Morgan fingerprint density at radius 2 is 1.73 bits per heavy atom. The molecule has 0 unspecified atom stereocenters. The van der Waals surface area contributed by atoms with Crippen molar-refractivity contribution >= 4 is 23.2 Å². The number of hydrogen-bond acceptors (Lipinski definition) is 3. The van der Waals surface area contributed by atoms with Gasteiger partial charge >= 0.3 is 0 Å². The van der Waals surface area contributed by atoms with Crippen molar-refractivity contribution in [2.75, 3.05) is 29.4 Å². The SMILES string of the molecule is CC1CCN(c2ccc(N3C[C@@H](C(N)=O)CC3=O)cc2)CC1. The fourth-order valence-corrected chi connectivity index (χ4v) is 3.26. The van der Waals surface area contributed by atoms with Crippen LogP contribution in [0, 0.1) is 11.8 Å². The lowest BCUT2D eigenvalue weighted by Crippen LogP contribution is -2.32. The average molecular weight is 301 g/mol. The Labute approximate surface area is 131 Å². The van der Waals surface area contributed by atoms with E-state index in [0.717, 1.165) is 24.7 Å². The number of piperidine rings is 1. The number of nitrogens with two attached hydrogens (primary N) is 1. The lowest BCUT2D eigenvalue weighted by Gasteiger charge is -2.32. The Balaban J connectivity index is 1.69. The predicted molar refractivity (Wildman–Crippen MR) is 86.7 cm³/mol. The molecule has 1 atom stereocenters. The number of primary amides is 1. The molecule has 2 N–H and O–H groups in total. The number of anilines is 2. The molecule has 0 saturated carbocycles. The molecule has 5 nitrogen and oxygen atoms in total. The molecule has 0 aromatic heterocycles. The van der Waals surface area contributed by atoms with Crippen LogP contribution in [0.2, 0.25) is 0 Å². The molecule has 1 aromatic rings. The van der Waals surface area contributed by atoms with E-state index >= 15 is 0 Å². The van der Waals surface area contributed by atoms with Crippen molar-refractivity contribution in [3.8, 4) is 0 Å². The van der Waals surface area contributed by atoms with Crippen molar-refractivity contribution < 1.29 is 9.59 Å². The van der Waals surface area contributed by atoms with E-state index in [1.165, 1.54) is 18.5 Å². The summed E-state index contributed by atoms with van der Waals surface area (Å²) >= 11 is 0. The van der Waals surface area contributed by atoms with Crippen LogP contribution < -0.4 is 15.5 Å². The maximum atomic E-state index is 12.0. The van der Waals surface area contributed by atoms with E-state index in [2.05, 4.69) is 24.0 Å². The summed E-state index contributed by atoms with van der Waals surface area (Å²) in [5.74, 6) is 0.0255. The quantitative estimate of drug-likeness (QED) is 0.925. The fraction of sp³-hybridized carbons (Fsp3) is 0.529. The van der Waals surface area contributed by atoms with Crippen LogP contribution in [0.3, 0.4) is 0 Å². The molecule has 22 heavy (non-hydrogen) atoms.